The fraction of sp³-hybridized carbons (Fsp3) is 0.429. The van der Waals surface area contributed by atoms with Gasteiger partial charge in [-0.15, -0.1) is 0 Å². The van der Waals surface area contributed by atoms with Gasteiger partial charge in [0.1, 0.15) is 0 Å². The van der Waals surface area contributed by atoms with Crippen molar-refractivity contribution in [2.24, 2.45) is 5.73 Å². The molecule has 0 saturated heterocycles. The Hall–Kier alpha value is -1.32. The molecule has 0 aliphatic rings. The highest BCUT2D eigenvalue weighted by molar-refractivity contribution is 5.83. The van der Waals surface area contributed by atoms with E-state index in [0.717, 1.165) is 13.1 Å². The van der Waals surface area contributed by atoms with Gasteiger partial charge in [0.15, 0.2) is 0 Å². The van der Waals surface area contributed by atoms with Crippen LogP contribution in [0.25, 0.3) is 10.9 Å². The molecular weight excluding hydrogens is 210 g/mol. The minimum Gasteiger partial charge on any atom is -0.347 e. The first-order valence-corrected chi connectivity index (χ1v) is 6.14. The highest BCUT2D eigenvalue weighted by Gasteiger charge is 2.04. The van der Waals surface area contributed by atoms with Crippen molar-refractivity contribution in [2.75, 3.05) is 20.6 Å². The lowest BCUT2D eigenvalue weighted by Crippen LogP contribution is -2.14. The fourth-order valence-electron chi connectivity index (χ4n) is 2.22. The van der Waals surface area contributed by atoms with Crippen molar-refractivity contribution < 1.29 is 0 Å². The minimum atomic E-state index is 0.610. The molecule has 2 aromatic rings. The zero-order valence-corrected chi connectivity index (χ0v) is 10.7. The SMILES string of the molecule is CN(C)CCCn1ccc2c(CN)cccc21. The molecule has 0 unspecified atom stereocenters. The van der Waals surface area contributed by atoms with Crippen LogP contribution in [0.1, 0.15) is 12.0 Å². The third-order valence-corrected chi connectivity index (χ3v) is 3.13. The van der Waals surface area contributed by atoms with Crippen LogP contribution >= 0.6 is 0 Å². The highest BCUT2D eigenvalue weighted by atomic mass is 15.1. The number of nitrogens with zero attached hydrogens (tertiary/aromatic N) is 2. The van der Waals surface area contributed by atoms with Gasteiger partial charge < -0.3 is 15.2 Å². The van der Waals surface area contributed by atoms with Crippen molar-refractivity contribution in [1.29, 1.82) is 0 Å². The number of aryl methyl sites for hydroxylation is 1. The average Bonchev–Trinajstić information content (AvgIpc) is 2.72. The maximum atomic E-state index is 5.75. The van der Waals surface area contributed by atoms with Gasteiger partial charge in [0, 0.05) is 30.2 Å². The van der Waals surface area contributed by atoms with Crippen LogP contribution in [0.4, 0.5) is 0 Å². The van der Waals surface area contributed by atoms with Crippen LogP contribution in [0.2, 0.25) is 0 Å². The summed E-state index contributed by atoms with van der Waals surface area (Å²) in [5, 5.41) is 1.29. The van der Waals surface area contributed by atoms with Crippen molar-refractivity contribution in [3.8, 4) is 0 Å². The maximum absolute atomic E-state index is 5.75. The standard InChI is InChI=1S/C14H21N3/c1-16(2)8-4-9-17-10-7-13-12(11-15)5-3-6-14(13)17/h3,5-7,10H,4,8-9,11,15H2,1-2H3. The summed E-state index contributed by atoms with van der Waals surface area (Å²) < 4.78 is 2.32. The van der Waals surface area contributed by atoms with E-state index in [1.807, 2.05) is 0 Å². The molecule has 0 atom stereocenters. The van der Waals surface area contributed by atoms with E-state index in [-0.39, 0.29) is 0 Å². The molecule has 3 nitrogen and oxygen atoms in total. The summed E-state index contributed by atoms with van der Waals surface area (Å²) in [6.45, 7) is 2.80. The van der Waals surface area contributed by atoms with E-state index in [0.29, 0.717) is 6.54 Å². The number of nitrogens with two attached hydrogens (primary N) is 1. The summed E-state index contributed by atoms with van der Waals surface area (Å²) in [7, 11) is 4.22. The first-order chi connectivity index (χ1) is 8.22. The Morgan fingerprint density at radius 1 is 1.24 bits per heavy atom. The number of benzene rings is 1. The molecule has 0 radical (unpaired) electrons. The van der Waals surface area contributed by atoms with Gasteiger partial charge in [0.05, 0.1) is 0 Å². The van der Waals surface area contributed by atoms with Gasteiger partial charge >= 0.3 is 0 Å². The smallest absolute Gasteiger partial charge is 0.0483 e. The third kappa shape index (κ3) is 2.68. The molecule has 0 fully saturated rings. The zero-order chi connectivity index (χ0) is 12.3. The molecule has 0 aliphatic carbocycles. The first-order valence-electron chi connectivity index (χ1n) is 6.14. The summed E-state index contributed by atoms with van der Waals surface area (Å²) >= 11 is 0. The minimum absolute atomic E-state index is 0.610. The summed E-state index contributed by atoms with van der Waals surface area (Å²) in [4.78, 5) is 2.22. The van der Waals surface area contributed by atoms with Crippen LogP contribution in [-0.2, 0) is 13.1 Å². The molecule has 0 bridgehead atoms. The molecule has 2 rings (SSSR count). The van der Waals surface area contributed by atoms with Crippen molar-refractivity contribution in [3.05, 3.63) is 36.0 Å². The molecule has 0 spiro atoms. The maximum Gasteiger partial charge on any atom is 0.0483 e. The first kappa shape index (κ1) is 12.1. The predicted molar refractivity (Wildman–Crippen MR) is 73.0 cm³/mol. The monoisotopic (exact) mass is 231 g/mol. The molecule has 17 heavy (non-hydrogen) atoms. The second-order valence-electron chi connectivity index (χ2n) is 4.72. The molecule has 0 saturated carbocycles. The van der Waals surface area contributed by atoms with Crippen molar-refractivity contribution >= 4 is 10.9 Å². The van der Waals surface area contributed by atoms with E-state index in [4.69, 9.17) is 5.73 Å². The second-order valence-corrected chi connectivity index (χ2v) is 4.72. The molecule has 92 valence electrons. The zero-order valence-electron chi connectivity index (χ0n) is 10.7. The van der Waals surface area contributed by atoms with Crippen molar-refractivity contribution in [3.63, 3.8) is 0 Å². The lowest BCUT2D eigenvalue weighted by atomic mass is 10.1. The number of hydrogen-bond acceptors (Lipinski definition) is 2. The summed E-state index contributed by atoms with van der Waals surface area (Å²) in [6.07, 6.45) is 3.34. The van der Waals surface area contributed by atoms with E-state index in [1.165, 1.54) is 22.9 Å². The Morgan fingerprint density at radius 3 is 2.76 bits per heavy atom. The second kappa shape index (κ2) is 5.34. The predicted octanol–water partition coefficient (Wildman–Crippen LogP) is 2.05. The van der Waals surface area contributed by atoms with Gasteiger partial charge in [-0.05, 0) is 44.8 Å². The van der Waals surface area contributed by atoms with E-state index in [9.17, 15) is 0 Å². The quantitative estimate of drug-likeness (QED) is 0.854. The normalized spacial score (nSPS) is 11.5. The molecule has 1 aromatic heterocycles. The molecular formula is C14H21N3. The van der Waals surface area contributed by atoms with Crippen LogP contribution in [-0.4, -0.2) is 30.1 Å². The number of fused-ring (bicyclic) bond motifs is 1. The molecule has 2 N–H and O–H groups in total. The fourth-order valence-corrected chi connectivity index (χ4v) is 2.22. The van der Waals surface area contributed by atoms with Crippen LogP contribution in [0, 0.1) is 0 Å². The number of aromatic nitrogens is 1. The lowest BCUT2D eigenvalue weighted by Gasteiger charge is -2.10. The third-order valence-electron chi connectivity index (χ3n) is 3.13. The lowest BCUT2D eigenvalue weighted by molar-refractivity contribution is 0.388. The van der Waals surface area contributed by atoms with Gasteiger partial charge in [-0.25, -0.2) is 0 Å². The molecule has 1 heterocycles. The van der Waals surface area contributed by atoms with Crippen molar-refractivity contribution in [2.45, 2.75) is 19.5 Å². The topological polar surface area (TPSA) is 34.2 Å². The highest BCUT2D eigenvalue weighted by Crippen LogP contribution is 2.20. The van der Waals surface area contributed by atoms with Crippen LogP contribution in [0.5, 0.6) is 0 Å². The van der Waals surface area contributed by atoms with E-state index in [1.54, 1.807) is 0 Å². The Morgan fingerprint density at radius 2 is 2.06 bits per heavy atom. The Bertz CT molecular complexity index is 485. The van der Waals surface area contributed by atoms with Crippen LogP contribution in [0.3, 0.4) is 0 Å². The average molecular weight is 231 g/mol. The summed E-state index contributed by atoms with van der Waals surface area (Å²) in [6, 6.07) is 8.54. The van der Waals surface area contributed by atoms with Crippen LogP contribution in [0.15, 0.2) is 30.5 Å². The van der Waals surface area contributed by atoms with Gasteiger partial charge in [0.2, 0.25) is 0 Å². The van der Waals surface area contributed by atoms with E-state index < -0.39 is 0 Å². The van der Waals surface area contributed by atoms with Crippen LogP contribution < -0.4 is 5.73 Å². The van der Waals surface area contributed by atoms with Crippen molar-refractivity contribution in [1.82, 2.24) is 9.47 Å². The Kier molecular flexibility index (Phi) is 3.82. The van der Waals surface area contributed by atoms with Gasteiger partial charge in [-0.3, -0.25) is 0 Å². The van der Waals surface area contributed by atoms with Gasteiger partial charge in [-0.2, -0.15) is 0 Å². The molecule has 1 aromatic carbocycles. The Labute approximate surface area is 103 Å². The molecule has 0 amide bonds. The van der Waals surface area contributed by atoms with Gasteiger partial charge in [-0.1, -0.05) is 12.1 Å². The Balaban J connectivity index is 2.18. The summed E-state index contributed by atoms with van der Waals surface area (Å²) in [5.74, 6) is 0. The largest absolute Gasteiger partial charge is 0.347 e. The van der Waals surface area contributed by atoms with E-state index >= 15 is 0 Å². The van der Waals surface area contributed by atoms with E-state index in [2.05, 4.69) is 54.0 Å². The molecule has 3 heteroatoms. The van der Waals surface area contributed by atoms with Gasteiger partial charge in [0.25, 0.3) is 0 Å². The summed E-state index contributed by atoms with van der Waals surface area (Å²) in [5.41, 5.74) is 8.28. The number of hydrogen-bond donors (Lipinski definition) is 1. The number of rotatable bonds is 5. The molecule has 0 aliphatic heterocycles.